The van der Waals surface area contributed by atoms with E-state index in [-0.39, 0.29) is 5.12 Å². The first-order valence-electron chi connectivity index (χ1n) is 5.89. The normalized spacial score (nSPS) is 10.6. The van der Waals surface area contributed by atoms with Crippen LogP contribution in [0.25, 0.3) is 10.8 Å². The molecule has 1 nitrogen and oxygen atoms in total. The molecule has 92 valence electrons. The monoisotopic (exact) mass is 256 g/mol. The molecule has 0 amide bonds. The molecule has 2 aromatic carbocycles. The molecule has 2 heteroatoms. The van der Waals surface area contributed by atoms with E-state index in [4.69, 9.17) is 0 Å². The van der Waals surface area contributed by atoms with Gasteiger partial charge in [0.15, 0.2) is 0 Å². The smallest absolute Gasteiger partial charge is 0.214 e. The molecule has 18 heavy (non-hydrogen) atoms. The largest absolute Gasteiger partial charge is 0.282 e. The van der Waals surface area contributed by atoms with Crippen LogP contribution in [0.4, 0.5) is 0 Å². The molecule has 0 bridgehead atoms. The van der Waals surface area contributed by atoms with Crippen molar-refractivity contribution in [3.63, 3.8) is 0 Å². The second-order valence-corrected chi connectivity index (χ2v) is 5.39. The number of aryl methyl sites for hydroxylation is 1. The van der Waals surface area contributed by atoms with Gasteiger partial charge in [-0.05, 0) is 41.3 Å². The fourth-order valence-electron chi connectivity index (χ4n) is 1.90. The summed E-state index contributed by atoms with van der Waals surface area (Å²) in [6.07, 6.45) is 0. The quantitative estimate of drug-likeness (QED) is 0.753. The lowest BCUT2D eigenvalue weighted by molar-refractivity contribution is -0.107. The van der Waals surface area contributed by atoms with Crippen molar-refractivity contribution in [2.45, 2.75) is 19.6 Å². The number of thioether (sulfide) groups is 1. The Morgan fingerprint density at radius 2 is 1.94 bits per heavy atom. The van der Waals surface area contributed by atoms with E-state index < -0.39 is 0 Å². The Kier molecular flexibility index (Phi) is 3.87. The van der Waals surface area contributed by atoms with Crippen molar-refractivity contribution in [3.8, 4) is 0 Å². The summed E-state index contributed by atoms with van der Waals surface area (Å²) >= 11 is 1.33. The highest BCUT2D eigenvalue weighted by molar-refractivity contribution is 8.13. The van der Waals surface area contributed by atoms with Crippen molar-refractivity contribution in [3.05, 3.63) is 59.7 Å². The van der Waals surface area contributed by atoms with Gasteiger partial charge in [-0.3, -0.25) is 4.79 Å². The van der Waals surface area contributed by atoms with Crippen LogP contribution in [-0.2, 0) is 10.5 Å². The molecule has 0 N–H and O–H groups in total. The highest BCUT2D eigenvalue weighted by Gasteiger charge is 2.08. The molecule has 0 atom stereocenters. The minimum atomic E-state index is 0.0716. The summed E-state index contributed by atoms with van der Waals surface area (Å²) in [5, 5.41) is 2.53. The summed E-state index contributed by atoms with van der Waals surface area (Å²) in [6.45, 7) is 7.53. The Labute approximate surface area is 112 Å². The first kappa shape index (κ1) is 12.9. The van der Waals surface area contributed by atoms with Crippen LogP contribution in [0, 0.1) is 6.92 Å². The molecule has 0 radical (unpaired) electrons. The Balaban J connectivity index is 2.35. The lowest BCUT2D eigenvalue weighted by atomic mass is 10.0. The highest BCUT2D eigenvalue weighted by Crippen LogP contribution is 2.27. The van der Waals surface area contributed by atoms with E-state index in [0.717, 1.165) is 0 Å². The molecule has 0 spiro atoms. The van der Waals surface area contributed by atoms with Crippen LogP contribution in [0.2, 0.25) is 0 Å². The zero-order valence-electron chi connectivity index (χ0n) is 10.7. The number of hydrogen-bond acceptors (Lipinski definition) is 2. The lowest BCUT2D eigenvalue weighted by Gasteiger charge is -2.09. The molecule has 0 aromatic heterocycles. The third kappa shape index (κ3) is 2.65. The van der Waals surface area contributed by atoms with Crippen LogP contribution in [0.15, 0.2) is 48.6 Å². The van der Waals surface area contributed by atoms with Crippen LogP contribution < -0.4 is 0 Å². The highest BCUT2D eigenvalue weighted by atomic mass is 32.2. The number of fused-ring (bicyclic) bond motifs is 1. The minimum absolute atomic E-state index is 0.0716. The second-order valence-electron chi connectivity index (χ2n) is 4.44. The van der Waals surface area contributed by atoms with Gasteiger partial charge in [-0.1, -0.05) is 54.7 Å². The van der Waals surface area contributed by atoms with Crippen LogP contribution in [0.5, 0.6) is 0 Å². The van der Waals surface area contributed by atoms with E-state index in [2.05, 4.69) is 37.8 Å². The lowest BCUT2D eigenvalue weighted by Crippen LogP contribution is -1.95. The SMILES string of the molecule is C=C(C)C(=O)SCc1c(C)ccc2ccccc12. The number of hydrogen-bond donors (Lipinski definition) is 0. The van der Waals surface area contributed by atoms with Crippen molar-refractivity contribution in [1.82, 2.24) is 0 Å². The summed E-state index contributed by atoms with van der Waals surface area (Å²) in [6, 6.07) is 12.5. The molecule has 0 saturated heterocycles. The average molecular weight is 256 g/mol. The van der Waals surface area contributed by atoms with Gasteiger partial charge in [0.2, 0.25) is 5.12 Å². The molecule has 2 aromatic rings. The van der Waals surface area contributed by atoms with E-state index >= 15 is 0 Å². The first-order chi connectivity index (χ1) is 8.59. The van der Waals surface area contributed by atoms with Crippen LogP contribution in [0.1, 0.15) is 18.1 Å². The molecule has 0 aliphatic rings. The van der Waals surface area contributed by atoms with Gasteiger partial charge in [0.1, 0.15) is 0 Å². The van der Waals surface area contributed by atoms with Gasteiger partial charge >= 0.3 is 0 Å². The summed E-state index contributed by atoms with van der Waals surface area (Å²) < 4.78 is 0. The zero-order valence-corrected chi connectivity index (χ0v) is 11.5. The van der Waals surface area contributed by atoms with E-state index in [1.807, 2.05) is 12.1 Å². The van der Waals surface area contributed by atoms with Crippen LogP contribution in [0.3, 0.4) is 0 Å². The number of rotatable bonds is 3. The maximum absolute atomic E-state index is 11.6. The fraction of sp³-hybridized carbons (Fsp3) is 0.188. The number of carbonyl (C=O) groups excluding carboxylic acids is 1. The van der Waals surface area contributed by atoms with Crippen molar-refractivity contribution in [2.24, 2.45) is 0 Å². The molecule has 0 aliphatic carbocycles. The van der Waals surface area contributed by atoms with E-state index in [0.29, 0.717) is 11.3 Å². The van der Waals surface area contributed by atoms with Crippen LogP contribution >= 0.6 is 11.8 Å². The predicted octanol–water partition coefficient (Wildman–Crippen LogP) is 4.48. The molecule has 0 unspecified atom stereocenters. The number of carbonyl (C=O) groups is 1. The van der Waals surface area contributed by atoms with Gasteiger partial charge in [0, 0.05) is 5.75 Å². The van der Waals surface area contributed by atoms with Crippen molar-refractivity contribution < 1.29 is 4.79 Å². The first-order valence-corrected chi connectivity index (χ1v) is 6.88. The molecular formula is C16H16OS. The second kappa shape index (κ2) is 5.40. The molecule has 0 saturated carbocycles. The zero-order chi connectivity index (χ0) is 13.1. The van der Waals surface area contributed by atoms with Gasteiger partial charge in [0.25, 0.3) is 0 Å². The van der Waals surface area contributed by atoms with Crippen molar-refractivity contribution >= 4 is 27.6 Å². The van der Waals surface area contributed by atoms with E-state index in [1.165, 1.54) is 33.7 Å². The predicted molar refractivity (Wildman–Crippen MR) is 79.8 cm³/mol. The Morgan fingerprint density at radius 3 is 2.67 bits per heavy atom. The standard InChI is InChI=1S/C16H16OS/c1-11(2)16(17)18-10-15-12(3)8-9-13-6-4-5-7-14(13)15/h4-9H,1,10H2,2-3H3. The third-order valence-electron chi connectivity index (χ3n) is 2.97. The summed E-state index contributed by atoms with van der Waals surface area (Å²) in [4.78, 5) is 11.6. The molecular weight excluding hydrogens is 240 g/mol. The minimum Gasteiger partial charge on any atom is -0.282 e. The summed E-state index contributed by atoms with van der Waals surface area (Å²) in [7, 11) is 0. The van der Waals surface area contributed by atoms with Gasteiger partial charge < -0.3 is 0 Å². The molecule has 2 rings (SSSR count). The van der Waals surface area contributed by atoms with E-state index in [1.54, 1.807) is 6.92 Å². The maximum atomic E-state index is 11.6. The van der Waals surface area contributed by atoms with Crippen LogP contribution in [-0.4, -0.2) is 5.12 Å². The Morgan fingerprint density at radius 1 is 1.22 bits per heavy atom. The maximum Gasteiger partial charge on any atom is 0.214 e. The number of benzene rings is 2. The fourth-order valence-corrected chi connectivity index (χ4v) is 2.80. The summed E-state index contributed by atoms with van der Waals surface area (Å²) in [5.74, 6) is 0.707. The topological polar surface area (TPSA) is 17.1 Å². The molecule has 0 fully saturated rings. The van der Waals surface area contributed by atoms with Gasteiger partial charge in [0.05, 0.1) is 0 Å². The van der Waals surface area contributed by atoms with E-state index in [9.17, 15) is 4.79 Å². The Bertz CT molecular complexity index is 614. The van der Waals surface area contributed by atoms with Crippen molar-refractivity contribution in [1.29, 1.82) is 0 Å². The van der Waals surface area contributed by atoms with Gasteiger partial charge in [-0.25, -0.2) is 0 Å². The van der Waals surface area contributed by atoms with Crippen molar-refractivity contribution in [2.75, 3.05) is 0 Å². The average Bonchev–Trinajstić information content (AvgIpc) is 2.37. The third-order valence-corrected chi connectivity index (χ3v) is 4.01. The Hall–Kier alpha value is -1.54. The summed E-state index contributed by atoms with van der Waals surface area (Å²) in [5.41, 5.74) is 3.08. The molecule has 0 aliphatic heterocycles. The van der Waals surface area contributed by atoms with Gasteiger partial charge in [-0.15, -0.1) is 0 Å². The van der Waals surface area contributed by atoms with Gasteiger partial charge in [-0.2, -0.15) is 0 Å². The molecule has 0 heterocycles.